The summed E-state index contributed by atoms with van der Waals surface area (Å²) in [5.74, 6) is 0.0490. The number of hydrogen-bond acceptors (Lipinski definition) is 3. The lowest BCUT2D eigenvalue weighted by Crippen LogP contribution is -2.30. The first kappa shape index (κ1) is 12.5. The Labute approximate surface area is 106 Å². The Morgan fingerprint density at radius 3 is 2.61 bits per heavy atom. The summed E-state index contributed by atoms with van der Waals surface area (Å²) in [6.45, 7) is 8.19. The fraction of sp³-hybridized carbons (Fsp3) is 0.462. The van der Waals surface area contributed by atoms with Crippen molar-refractivity contribution in [3.63, 3.8) is 0 Å². The fourth-order valence-electron chi connectivity index (χ4n) is 2.03. The number of rotatable bonds is 4. The van der Waals surface area contributed by atoms with Crippen LogP contribution in [0.25, 0.3) is 11.0 Å². The van der Waals surface area contributed by atoms with E-state index in [1.165, 1.54) is 0 Å². The number of fused-ring (bicyclic) bond motifs is 1. The van der Waals surface area contributed by atoms with Gasteiger partial charge in [0.1, 0.15) is 5.52 Å². The summed E-state index contributed by atoms with van der Waals surface area (Å²) < 4.78 is 1.82. The molecule has 0 fully saturated rings. The summed E-state index contributed by atoms with van der Waals surface area (Å²) >= 11 is 0. The van der Waals surface area contributed by atoms with Crippen molar-refractivity contribution < 1.29 is 4.79 Å². The summed E-state index contributed by atoms with van der Waals surface area (Å²) in [6, 6.07) is 5.57. The predicted molar refractivity (Wildman–Crippen MR) is 70.5 cm³/mol. The molecule has 0 aliphatic rings. The van der Waals surface area contributed by atoms with E-state index in [2.05, 4.69) is 10.3 Å². The molecule has 1 amide bonds. The third-order valence-electron chi connectivity index (χ3n) is 3.11. The van der Waals surface area contributed by atoms with Gasteiger partial charge in [0.2, 0.25) is 0 Å². The van der Waals surface area contributed by atoms with Gasteiger partial charge in [-0.15, -0.1) is 5.10 Å². The minimum atomic E-state index is 0.0490. The van der Waals surface area contributed by atoms with Crippen molar-refractivity contribution in [3.8, 4) is 0 Å². The average Bonchev–Trinajstić information content (AvgIpc) is 2.81. The van der Waals surface area contributed by atoms with E-state index in [4.69, 9.17) is 0 Å². The van der Waals surface area contributed by atoms with Gasteiger partial charge in [0.15, 0.2) is 0 Å². The predicted octanol–water partition coefficient (Wildman–Crippen LogP) is 1.93. The third-order valence-corrected chi connectivity index (χ3v) is 3.11. The molecule has 2 aromatic rings. The molecule has 0 spiro atoms. The first-order valence-corrected chi connectivity index (χ1v) is 6.33. The van der Waals surface area contributed by atoms with Gasteiger partial charge < -0.3 is 4.90 Å². The molecule has 0 atom stereocenters. The van der Waals surface area contributed by atoms with Crippen molar-refractivity contribution in [2.24, 2.45) is 0 Å². The second-order valence-corrected chi connectivity index (χ2v) is 4.09. The van der Waals surface area contributed by atoms with Crippen molar-refractivity contribution in [3.05, 3.63) is 23.8 Å². The highest BCUT2D eigenvalue weighted by Gasteiger charge is 2.14. The SMILES string of the molecule is CCN(CC)C(=O)c1ccc2c(c1)nnn2CC. The Morgan fingerprint density at radius 2 is 2.00 bits per heavy atom. The number of amides is 1. The molecule has 2 rings (SSSR count). The van der Waals surface area contributed by atoms with Gasteiger partial charge in [0.05, 0.1) is 5.52 Å². The highest BCUT2D eigenvalue weighted by Crippen LogP contribution is 2.15. The lowest BCUT2D eigenvalue weighted by molar-refractivity contribution is 0.0773. The standard InChI is InChI=1S/C13H18N4O/c1-4-16(5-2)13(18)10-7-8-12-11(9-10)14-15-17(12)6-3/h7-9H,4-6H2,1-3H3. The fourth-order valence-corrected chi connectivity index (χ4v) is 2.03. The maximum atomic E-state index is 12.2. The molecule has 0 radical (unpaired) electrons. The maximum absolute atomic E-state index is 12.2. The van der Waals surface area contributed by atoms with E-state index in [0.29, 0.717) is 5.56 Å². The van der Waals surface area contributed by atoms with Crippen molar-refractivity contribution in [2.75, 3.05) is 13.1 Å². The van der Waals surface area contributed by atoms with Crippen LogP contribution in [-0.2, 0) is 6.54 Å². The summed E-state index contributed by atoms with van der Waals surface area (Å²) in [5, 5.41) is 8.13. The summed E-state index contributed by atoms with van der Waals surface area (Å²) in [7, 11) is 0. The van der Waals surface area contributed by atoms with Crippen LogP contribution in [0.2, 0.25) is 0 Å². The molecule has 1 aromatic heterocycles. The van der Waals surface area contributed by atoms with Gasteiger partial charge in [0, 0.05) is 25.2 Å². The minimum Gasteiger partial charge on any atom is -0.339 e. The number of carbonyl (C=O) groups is 1. The Bertz CT molecular complexity index is 557. The maximum Gasteiger partial charge on any atom is 0.253 e. The van der Waals surface area contributed by atoms with Crippen LogP contribution in [0.1, 0.15) is 31.1 Å². The average molecular weight is 246 g/mol. The molecule has 18 heavy (non-hydrogen) atoms. The van der Waals surface area contributed by atoms with E-state index in [1.807, 2.05) is 43.7 Å². The lowest BCUT2D eigenvalue weighted by atomic mass is 10.1. The van der Waals surface area contributed by atoms with Crippen molar-refractivity contribution in [2.45, 2.75) is 27.3 Å². The molecular weight excluding hydrogens is 228 g/mol. The first-order chi connectivity index (χ1) is 8.71. The van der Waals surface area contributed by atoms with Crippen molar-refractivity contribution >= 4 is 16.9 Å². The first-order valence-electron chi connectivity index (χ1n) is 6.33. The van der Waals surface area contributed by atoms with Gasteiger partial charge in [-0.1, -0.05) is 5.21 Å². The zero-order valence-corrected chi connectivity index (χ0v) is 11.1. The van der Waals surface area contributed by atoms with Crippen LogP contribution in [0, 0.1) is 0 Å². The van der Waals surface area contributed by atoms with Gasteiger partial charge in [-0.05, 0) is 39.0 Å². The molecule has 0 saturated heterocycles. The molecule has 5 heteroatoms. The van der Waals surface area contributed by atoms with Gasteiger partial charge in [-0.2, -0.15) is 0 Å². The summed E-state index contributed by atoms with van der Waals surface area (Å²) in [6.07, 6.45) is 0. The topological polar surface area (TPSA) is 51.0 Å². The molecule has 1 heterocycles. The second-order valence-electron chi connectivity index (χ2n) is 4.09. The normalized spacial score (nSPS) is 10.8. The molecule has 96 valence electrons. The molecule has 1 aromatic carbocycles. The molecule has 0 N–H and O–H groups in total. The highest BCUT2D eigenvalue weighted by atomic mass is 16.2. The van der Waals surface area contributed by atoms with E-state index in [9.17, 15) is 4.79 Å². The molecule has 5 nitrogen and oxygen atoms in total. The van der Waals surface area contributed by atoms with Gasteiger partial charge in [0.25, 0.3) is 5.91 Å². The number of hydrogen-bond donors (Lipinski definition) is 0. The van der Waals surface area contributed by atoms with Crippen molar-refractivity contribution in [1.82, 2.24) is 19.9 Å². The van der Waals surface area contributed by atoms with Crippen LogP contribution in [0.4, 0.5) is 0 Å². The second kappa shape index (κ2) is 5.16. The van der Waals surface area contributed by atoms with E-state index in [0.717, 1.165) is 30.7 Å². The molecule has 0 aliphatic carbocycles. The zero-order valence-electron chi connectivity index (χ0n) is 11.1. The number of nitrogens with zero attached hydrogens (tertiary/aromatic N) is 4. The Balaban J connectivity index is 2.38. The van der Waals surface area contributed by atoms with Gasteiger partial charge in [-0.3, -0.25) is 4.79 Å². The Morgan fingerprint density at radius 1 is 1.28 bits per heavy atom. The number of benzene rings is 1. The number of aromatic nitrogens is 3. The van der Waals surface area contributed by atoms with Crippen LogP contribution in [0.15, 0.2) is 18.2 Å². The molecule has 0 saturated carbocycles. The van der Waals surface area contributed by atoms with Crippen molar-refractivity contribution in [1.29, 1.82) is 0 Å². The van der Waals surface area contributed by atoms with Crippen LogP contribution < -0.4 is 0 Å². The molecule has 0 bridgehead atoms. The van der Waals surface area contributed by atoms with E-state index in [1.54, 1.807) is 4.90 Å². The van der Waals surface area contributed by atoms with Gasteiger partial charge >= 0.3 is 0 Å². The summed E-state index contributed by atoms with van der Waals surface area (Å²) in [5.41, 5.74) is 2.41. The Hall–Kier alpha value is -1.91. The number of aryl methyl sites for hydroxylation is 1. The van der Waals surface area contributed by atoms with Crippen LogP contribution in [0.5, 0.6) is 0 Å². The van der Waals surface area contributed by atoms with Crippen LogP contribution in [-0.4, -0.2) is 38.9 Å². The quantitative estimate of drug-likeness (QED) is 0.828. The van der Waals surface area contributed by atoms with Crippen LogP contribution >= 0.6 is 0 Å². The van der Waals surface area contributed by atoms with E-state index >= 15 is 0 Å². The largest absolute Gasteiger partial charge is 0.339 e. The Kier molecular flexibility index (Phi) is 3.60. The zero-order chi connectivity index (χ0) is 13.1. The molecule has 0 unspecified atom stereocenters. The number of carbonyl (C=O) groups excluding carboxylic acids is 1. The third kappa shape index (κ3) is 2.08. The van der Waals surface area contributed by atoms with E-state index < -0.39 is 0 Å². The van der Waals surface area contributed by atoms with Crippen LogP contribution in [0.3, 0.4) is 0 Å². The molecular formula is C13H18N4O. The summed E-state index contributed by atoms with van der Waals surface area (Å²) in [4.78, 5) is 14.0. The minimum absolute atomic E-state index is 0.0490. The highest BCUT2D eigenvalue weighted by molar-refractivity contribution is 5.97. The lowest BCUT2D eigenvalue weighted by Gasteiger charge is -2.18. The van der Waals surface area contributed by atoms with E-state index in [-0.39, 0.29) is 5.91 Å². The van der Waals surface area contributed by atoms with Gasteiger partial charge in [-0.25, -0.2) is 4.68 Å². The smallest absolute Gasteiger partial charge is 0.253 e. The monoisotopic (exact) mass is 246 g/mol. The molecule has 0 aliphatic heterocycles.